The Morgan fingerprint density at radius 2 is 2.15 bits per heavy atom. The molecular formula is C15H21N3O2. The smallest absolute Gasteiger partial charge is 0.286 e. The fourth-order valence-corrected chi connectivity index (χ4v) is 2.04. The summed E-state index contributed by atoms with van der Waals surface area (Å²) in [5.41, 5.74) is 1.17. The van der Waals surface area contributed by atoms with Gasteiger partial charge >= 0.3 is 0 Å². The first-order valence-corrected chi connectivity index (χ1v) is 6.99. The van der Waals surface area contributed by atoms with E-state index in [1.807, 2.05) is 24.3 Å². The lowest BCUT2D eigenvalue weighted by Gasteiger charge is -2.08. The van der Waals surface area contributed by atoms with E-state index < -0.39 is 0 Å². The number of carbonyl (C=O) groups is 1. The number of carbonyl (C=O) groups excluding carboxylic acids is 1. The molecule has 2 N–H and O–H groups in total. The quantitative estimate of drug-likeness (QED) is 0.847. The van der Waals surface area contributed by atoms with Crippen molar-refractivity contribution in [3.8, 4) is 5.75 Å². The van der Waals surface area contributed by atoms with Gasteiger partial charge in [0.05, 0.1) is 7.11 Å². The Balaban J connectivity index is 1.76. The van der Waals surface area contributed by atoms with E-state index in [-0.39, 0.29) is 5.91 Å². The molecule has 0 aromatic heterocycles. The molecule has 108 valence electrons. The summed E-state index contributed by atoms with van der Waals surface area (Å²) in [7, 11) is 1.65. The number of hydrogen-bond acceptors (Lipinski definition) is 4. The highest BCUT2D eigenvalue weighted by atomic mass is 16.5. The van der Waals surface area contributed by atoms with Crippen LogP contribution >= 0.6 is 0 Å². The monoisotopic (exact) mass is 275 g/mol. The molecule has 0 atom stereocenters. The Bertz CT molecular complexity index is 469. The van der Waals surface area contributed by atoms with Crippen LogP contribution in [-0.2, 0) is 11.2 Å². The molecule has 1 amide bonds. The van der Waals surface area contributed by atoms with Crippen LogP contribution in [0.25, 0.3) is 0 Å². The lowest BCUT2D eigenvalue weighted by molar-refractivity contribution is -0.115. The van der Waals surface area contributed by atoms with Crippen molar-refractivity contribution in [1.29, 1.82) is 0 Å². The van der Waals surface area contributed by atoms with Crippen LogP contribution in [0.4, 0.5) is 0 Å². The molecule has 2 rings (SSSR count). The average molecular weight is 275 g/mol. The summed E-state index contributed by atoms with van der Waals surface area (Å²) in [5, 5.41) is 5.96. The predicted molar refractivity (Wildman–Crippen MR) is 79.2 cm³/mol. The van der Waals surface area contributed by atoms with Crippen molar-refractivity contribution in [2.24, 2.45) is 4.99 Å². The van der Waals surface area contributed by atoms with Gasteiger partial charge < -0.3 is 15.4 Å². The van der Waals surface area contributed by atoms with E-state index in [2.05, 4.69) is 15.6 Å². The molecule has 1 aromatic rings. The van der Waals surface area contributed by atoms with Crippen LogP contribution in [0, 0.1) is 0 Å². The number of benzene rings is 1. The molecule has 0 unspecified atom stereocenters. The summed E-state index contributed by atoms with van der Waals surface area (Å²) >= 11 is 0. The van der Waals surface area contributed by atoms with E-state index in [0.717, 1.165) is 38.1 Å². The second-order valence-electron chi connectivity index (χ2n) is 4.72. The number of nitrogens with one attached hydrogen (secondary N) is 2. The van der Waals surface area contributed by atoms with Crippen molar-refractivity contribution in [2.75, 3.05) is 26.7 Å². The van der Waals surface area contributed by atoms with Crippen molar-refractivity contribution >= 4 is 11.7 Å². The maximum Gasteiger partial charge on any atom is 0.286 e. The molecule has 0 radical (unpaired) electrons. The van der Waals surface area contributed by atoms with Gasteiger partial charge in [0, 0.05) is 19.6 Å². The van der Waals surface area contributed by atoms with E-state index in [1.165, 1.54) is 5.56 Å². The third-order valence-corrected chi connectivity index (χ3v) is 3.22. The molecule has 0 spiro atoms. The van der Waals surface area contributed by atoms with Crippen molar-refractivity contribution < 1.29 is 9.53 Å². The van der Waals surface area contributed by atoms with Crippen LogP contribution in [0.1, 0.15) is 18.4 Å². The maximum atomic E-state index is 11.9. The van der Waals surface area contributed by atoms with Gasteiger partial charge in [-0.25, -0.2) is 0 Å². The zero-order valence-corrected chi connectivity index (χ0v) is 11.8. The minimum atomic E-state index is -0.111. The van der Waals surface area contributed by atoms with Gasteiger partial charge in [-0.05, 0) is 37.0 Å². The van der Waals surface area contributed by atoms with E-state index in [4.69, 9.17) is 4.74 Å². The van der Waals surface area contributed by atoms with Crippen LogP contribution in [0.5, 0.6) is 5.75 Å². The Morgan fingerprint density at radius 1 is 1.35 bits per heavy atom. The topological polar surface area (TPSA) is 62.7 Å². The van der Waals surface area contributed by atoms with E-state index in [0.29, 0.717) is 12.4 Å². The highest BCUT2D eigenvalue weighted by Gasteiger charge is 2.11. The average Bonchev–Trinajstić information content (AvgIpc) is 2.77. The number of ether oxygens (including phenoxy) is 1. The van der Waals surface area contributed by atoms with Crippen LogP contribution in [0.3, 0.4) is 0 Å². The summed E-state index contributed by atoms with van der Waals surface area (Å²) in [6.45, 7) is 2.16. The molecule has 0 fully saturated rings. The Labute approximate surface area is 119 Å². The number of rotatable bonds is 5. The van der Waals surface area contributed by atoms with Gasteiger partial charge in [0.1, 0.15) is 5.75 Å². The zero-order valence-electron chi connectivity index (χ0n) is 11.8. The molecule has 0 bridgehead atoms. The number of hydrogen-bond donors (Lipinski definition) is 2. The second kappa shape index (κ2) is 7.53. The normalized spacial score (nSPS) is 14.8. The largest absolute Gasteiger partial charge is 0.497 e. The Hall–Kier alpha value is -2.04. The predicted octanol–water partition coefficient (Wildman–Crippen LogP) is 1.14. The van der Waals surface area contributed by atoms with Crippen molar-refractivity contribution in [3.63, 3.8) is 0 Å². The van der Waals surface area contributed by atoms with Gasteiger partial charge in [-0.3, -0.25) is 9.79 Å². The second-order valence-corrected chi connectivity index (χ2v) is 4.72. The van der Waals surface area contributed by atoms with Crippen molar-refractivity contribution in [3.05, 3.63) is 29.8 Å². The molecule has 1 aromatic carbocycles. The summed E-state index contributed by atoms with van der Waals surface area (Å²) < 4.78 is 5.11. The molecule has 20 heavy (non-hydrogen) atoms. The number of methoxy groups -OCH3 is 1. The molecule has 1 aliphatic rings. The summed E-state index contributed by atoms with van der Waals surface area (Å²) in [6.07, 6.45) is 2.89. The molecule has 0 saturated heterocycles. The summed E-state index contributed by atoms with van der Waals surface area (Å²) in [6, 6.07) is 7.86. The van der Waals surface area contributed by atoms with Gasteiger partial charge in [-0.2, -0.15) is 0 Å². The van der Waals surface area contributed by atoms with Crippen molar-refractivity contribution in [2.45, 2.75) is 19.3 Å². The van der Waals surface area contributed by atoms with Gasteiger partial charge in [0.25, 0.3) is 5.91 Å². The minimum Gasteiger partial charge on any atom is -0.497 e. The van der Waals surface area contributed by atoms with Gasteiger partial charge in [-0.15, -0.1) is 0 Å². The van der Waals surface area contributed by atoms with Crippen LogP contribution in [-0.4, -0.2) is 38.5 Å². The molecule has 5 nitrogen and oxygen atoms in total. The third kappa shape index (κ3) is 4.26. The van der Waals surface area contributed by atoms with Crippen LogP contribution in [0.15, 0.2) is 29.3 Å². The van der Waals surface area contributed by atoms with Crippen LogP contribution in [0.2, 0.25) is 0 Å². The lowest BCUT2D eigenvalue weighted by Crippen LogP contribution is -2.40. The van der Waals surface area contributed by atoms with Gasteiger partial charge in [-0.1, -0.05) is 12.1 Å². The maximum absolute atomic E-state index is 11.9. The summed E-state index contributed by atoms with van der Waals surface area (Å²) in [4.78, 5) is 16.2. The molecule has 5 heteroatoms. The SMILES string of the molecule is COc1ccc(CCNC(=O)C2=NCCCCN2)cc1. The van der Waals surface area contributed by atoms with Crippen LogP contribution < -0.4 is 15.4 Å². The molecule has 0 aliphatic carbocycles. The highest BCUT2D eigenvalue weighted by molar-refractivity contribution is 6.37. The van der Waals surface area contributed by atoms with Crippen molar-refractivity contribution in [1.82, 2.24) is 10.6 Å². The zero-order chi connectivity index (χ0) is 14.2. The minimum absolute atomic E-state index is 0.111. The lowest BCUT2D eigenvalue weighted by atomic mass is 10.1. The first-order chi connectivity index (χ1) is 9.79. The molecular weight excluding hydrogens is 254 g/mol. The number of aliphatic imine (C=N–C) groups is 1. The number of nitrogens with zero attached hydrogens (tertiary/aromatic N) is 1. The summed E-state index contributed by atoms with van der Waals surface area (Å²) in [5.74, 6) is 1.20. The van der Waals surface area contributed by atoms with E-state index >= 15 is 0 Å². The first-order valence-electron chi connectivity index (χ1n) is 6.99. The third-order valence-electron chi connectivity index (χ3n) is 3.22. The first kappa shape index (κ1) is 14.4. The van der Waals surface area contributed by atoms with E-state index in [1.54, 1.807) is 7.11 Å². The molecule has 1 heterocycles. The number of amides is 1. The standard InChI is InChI=1S/C15H21N3O2/c1-20-13-6-4-12(5-7-13)8-11-18-15(19)14-16-9-2-3-10-17-14/h4-7H,2-3,8-11H2,1H3,(H,16,17)(H,18,19). The molecule has 1 aliphatic heterocycles. The fourth-order valence-electron chi connectivity index (χ4n) is 2.04. The Kier molecular flexibility index (Phi) is 5.41. The van der Waals surface area contributed by atoms with E-state index in [9.17, 15) is 4.79 Å². The van der Waals surface area contributed by atoms with Gasteiger partial charge in [0.2, 0.25) is 0 Å². The molecule has 0 saturated carbocycles. The fraction of sp³-hybridized carbons (Fsp3) is 0.467. The Morgan fingerprint density at radius 3 is 2.90 bits per heavy atom. The number of amidine groups is 1. The van der Waals surface area contributed by atoms with Gasteiger partial charge in [0.15, 0.2) is 5.84 Å². The highest BCUT2D eigenvalue weighted by Crippen LogP contribution is 2.11.